The molecule has 3 nitrogen and oxygen atoms in total. The molecule has 3 unspecified atom stereocenters. The maximum Gasteiger partial charge on any atom is 0.0613 e. The number of hydrogen-bond acceptors (Lipinski definition) is 3. The average Bonchev–Trinajstić information content (AvgIpc) is 2.95. The van der Waals surface area contributed by atoms with Crippen LogP contribution in [0.1, 0.15) is 65.2 Å². The van der Waals surface area contributed by atoms with Gasteiger partial charge in [-0.25, -0.2) is 0 Å². The summed E-state index contributed by atoms with van der Waals surface area (Å²) < 4.78 is 0. The van der Waals surface area contributed by atoms with Gasteiger partial charge in [-0.3, -0.25) is 0 Å². The minimum Gasteiger partial charge on any atom is -0.394 e. The van der Waals surface area contributed by atoms with Crippen molar-refractivity contribution >= 4 is 0 Å². The number of likely N-dealkylation sites (N-methyl/N-ethyl adjacent to an activating group) is 1. The molecule has 3 atom stereocenters. The first-order valence-electron chi connectivity index (χ1n) is 8.84. The van der Waals surface area contributed by atoms with E-state index in [9.17, 15) is 5.11 Å². The number of likely N-dealkylation sites (tertiary alicyclic amines) is 1. The monoisotopic (exact) mass is 282 g/mol. The molecular formula is C17H34N2O. The SMILES string of the molecule is CCNC(CC)(CO)CCCN1CCCC2CCCC21. The van der Waals surface area contributed by atoms with Gasteiger partial charge >= 0.3 is 0 Å². The van der Waals surface area contributed by atoms with Crippen molar-refractivity contribution in [2.75, 3.05) is 26.2 Å². The summed E-state index contributed by atoms with van der Waals surface area (Å²) in [6.07, 6.45) is 10.5. The topological polar surface area (TPSA) is 35.5 Å². The number of nitrogens with zero attached hydrogens (tertiary/aromatic N) is 1. The van der Waals surface area contributed by atoms with E-state index in [0.29, 0.717) is 0 Å². The van der Waals surface area contributed by atoms with Gasteiger partial charge in [-0.2, -0.15) is 0 Å². The molecule has 2 N–H and O–H groups in total. The highest BCUT2D eigenvalue weighted by Gasteiger charge is 2.35. The van der Waals surface area contributed by atoms with E-state index in [1.807, 2.05) is 0 Å². The molecule has 2 aliphatic rings. The number of aliphatic hydroxyl groups is 1. The van der Waals surface area contributed by atoms with Crippen LogP contribution in [0, 0.1) is 5.92 Å². The van der Waals surface area contributed by atoms with Gasteiger partial charge in [-0.15, -0.1) is 0 Å². The first-order chi connectivity index (χ1) is 9.74. The molecule has 0 amide bonds. The second-order valence-corrected chi connectivity index (χ2v) is 6.86. The van der Waals surface area contributed by atoms with Crippen molar-refractivity contribution < 1.29 is 5.11 Å². The first-order valence-corrected chi connectivity index (χ1v) is 8.84. The van der Waals surface area contributed by atoms with Gasteiger partial charge in [0.15, 0.2) is 0 Å². The van der Waals surface area contributed by atoms with Gasteiger partial charge in [-0.1, -0.05) is 20.3 Å². The summed E-state index contributed by atoms with van der Waals surface area (Å²) in [4.78, 5) is 2.75. The minimum atomic E-state index is -0.0420. The van der Waals surface area contributed by atoms with Crippen molar-refractivity contribution in [3.8, 4) is 0 Å². The zero-order chi connectivity index (χ0) is 14.4. The van der Waals surface area contributed by atoms with Crippen molar-refractivity contribution in [1.82, 2.24) is 10.2 Å². The Kier molecular flexibility index (Phi) is 6.31. The number of piperidine rings is 1. The Bertz CT molecular complexity index is 278. The Labute approximate surface area is 125 Å². The fraction of sp³-hybridized carbons (Fsp3) is 1.00. The molecule has 3 heteroatoms. The third-order valence-corrected chi connectivity index (χ3v) is 5.74. The molecule has 0 bridgehead atoms. The quantitative estimate of drug-likeness (QED) is 0.718. The van der Waals surface area contributed by atoms with Crippen molar-refractivity contribution in [3.05, 3.63) is 0 Å². The molecule has 0 aromatic rings. The van der Waals surface area contributed by atoms with E-state index in [0.717, 1.165) is 31.3 Å². The van der Waals surface area contributed by atoms with Gasteiger partial charge in [0.2, 0.25) is 0 Å². The Morgan fingerprint density at radius 2 is 2.00 bits per heavy atom. The number of nitrogens with one attached hydrogen (secondary N) is 1. The van der Waals surface area contributed by atoms with Gasteiger partial charge in [0, 0.05) is 11.6 Å². The molecule has 1 saturated carbocycles. The van der Waals surface area contributed by atoms with Crippen LogP contribution in [-0.4, -0.2) is 47.8 Å². The van der Waals surface area contributed by atoms with Gasteiger partial charge in [0.1, 0.15) is 0 Å². The van der Waals surface area contributed by atoms with Crippen LogP contribution in [0.5, 0.6) is 0 Å². The zero-order valence-corrected chi connectivity index (χ0v) is 13.5. The molecule has 20 heavy (non-hydrogen) atoms. The van der Waals surface area contributed by atoms with Crippen LogP contribution in [0.4, 0.5) is 0 Å². The number of rotatable bonds is 8. The number of hydrogen-bond donors (Lipinski definition) is 2. The van der Waals surface area contributed by atoms with Crippen molar-refractivity contribution in [3.63, 3.8) is 0 Å². The van der Waals surface area contributed by atoms with Crippen LogP contribution in [0.15, 0.2) is 0 Å². The molecule has 0 aromatic heterocycles. The Balaban J connectivity index is 1.79. The molecule has 118 valence electrons. The molecule has 0 radical (unpaired) electrons. The van der Waals surface area contributed by atoms with Gasteiger partial charge < -0.3 is 15.3 Å². The molecule has 0 aromatic carbocycles. The maximum atomic E-state index is 9.72. The van der Waals surface area contributed by atoms with E-state index in [-0.39, 0.29) is 12.1 Å². The molecule has 1 aliphatic carbocycles. The minimum absolute atomic E-state index is 0.0420. The first kappa shape index (κ1) is 16.3. The zero-order valence-electron chi connectivity index (χ0n) is 13.5. The van der Waals surface area contributed by atoms with Crippen LogP contribution in [0.2, 0.25) is 0 Å². The average molecular weight is 282 g/mol. The Hall–Kier alpha value is -0.120. The largest absolute Gasteiger partial charge is 0.394 e. The molecule has 2 fully saturated rings. The van der Waals surface area contributed by atoms with Crippen LogP contribution in [0.3, 0.4) is 0 Å². The van der Waals surface area contributed by atoms with E-state index >= 15 is 0 Å². The molecular weight excluding hydrogens is 248 g/mol. The highest BCUT2D eigenvalue weighted by atomic mass is 16.3. The standard InChI is InChI=1S/C17H34N2O/c1-3-17(14-20,18-4-2)11-7-13-19-12-6-9-15-8-5-10-16(15)19/h15-16,18,20H,3-14H2,1-2H3. The molecule has 1 saturated heterocycles. The van der Waals surface area contributed by atoms with E-state index in [2.05, 4.69) is 24.1 Å². The summed E-state index contributed by atoms with van der Waals surface area (Å²) in [7, 11) is 0. The Morgan fingerprint density at radius 3 is 2.70 bits per heavy atom. The second-order valence-electron chi connectivity index (χ2n) is 6.86. The van der Waals surface area contributed by atoms with Crippen molar-refractivity contribution in [2.45, 2.75) is 76.8 Å². The fourth-order valence-corrected chi connectivity index (χ4v) is 4.47. The van der Waals surface area contributed by atoms with E-state index < -0.39 is 0 Å². The van der Waals surface area contributed by atoms with Crippen molar-refractivity contribution in [1.29, 1.82) is 0 Å². The lowest BCUT2D eigenvalue weighted by Crippen LogP contribution is -2.49. The lowest BCUT2D eigenvalue weighted by atomic mass is 9.89. The molecule has 0 spiro atoms. The van der Waals surface area contributed by atoms with E-state index in [1.165, 1.54) is 51.6 Å². The lowest BCUT2D eigenvalue weighted by molar-refractivity contribution is 0.0981. The maximum absolute atomic E-state index is 9.72. The molecule has 2 rings (SSSR count). The van der Waals surface area contributed by atoms with Crippen LogP contribution < -0.4 is 5.32 Å². The van der Waals surface area contributed by atoms with Crippen LogP contribution in [0.25, 0.3) is 0 Å². The van der Waals surface area contributed by atoms with E-state index in [1.54, 1.807) is 0 Å². The van der Waals surface area contributed by atoms with E-state index in [4.69, 9.17) is 0 Å². The third kappa shape index (κ3) is 3.75. The lowest BCUT2D eigenvalue weighted by Gasteiger charge is -2.39. The van der Waals surface area contributed by atoms with Gasteiger partial charge in [0.05, 0.1) is 6.61 Å². The van der Waals surface area contributed by atoms with Crippen molar-refractivity contribution in [2.24, 2.45) is 5.92 Å². The fourth-order valence-electron chi connectivity index (χ4n) is 4.47. The summed E-state index contributed by atoms with van der Waals surface area (Å²) in [5.41, 5.74) is -0.0420. The number of fused-ring (bicyclic) bond motifs is 1. The Morgan fingerprint density at radius 1 is 1.20 bits per heavy atom. The highest BCUT2D eigenvalue weighted by molar-refractivity contribution is 4.90. The normalized spacial score (nSPS) is 30.1. The smallest absolute Gasteiger partial charge is 0.0613 e. The van der Waals surface area contributed by atoms with Crippen LogP contribution in [-0.2, 0) is 0 Å². The predicted molar refractivity (Wildman–Crippen MR) is 85.0 cm³/mol. The summed E-state index contributed by atoms with van der Waals surface area (Å²) in [6.45, 7) is 8.07. The number of aliphatic hydroxyl groups excluding tert-OH is 1. The summed E-state index contributed by atoms with van der Waals surface area (Å²) in [5.74, 6) is 0.992. The third-order valence-electron chi connectivity index (χ3n) is 5.74. The van der Waals surface area contributed by atoms with Gasteiger partial charge in [0.25, 0.3) is 0 Å². The summed E-state index contributed by atoms with van der Waals surface area (Å²) >= 11 is 0. The highest BCUT2D eigenvalue weighted by Crippen LogP contribution is 2.36. The summed E-state index contributed by atoms with van der Waals surface area (Å²) in [5, 5.41) is 13.2. The van der Waals surface area contributed by atoms with Crippen LogP contribution >= 0.6 is 0 Å². The molecule has 1 aliphatic heterocycles. The van der Waals surface area contributed by atoms with Gasteiger partial charge in [-0.05, 0) is 70.5 Å². The molecule has 1 heterocycles. The second kappa shape index (κ2) is 7.77. The predicted octanol–water partition coefficient (Wildman–Crippen LogP) is 2.78. The summed E-state index contributed by atoms with van der Waals surface area (Å²) in [6, 6.07) is 0.882.